The quantitative estimate of drug-likeness (QED) is 0.664. The Morgan fingerprint density at radius 2 is 1.63 bits per heavy atom. The number of hydroxylamine groups is 2. The Bertz CT molecular complexity index is 393. The monoisotopic (exact) mass is 279 g/mol. The zero-order chi connectivity index (χ0) is 12.8. The highest BCUT2D eigenvalue weighted by atomic mass is 32.2. The van der Waals surface area contributed by atoms with Gasteiger partial charge in [-0.3, -0.25) is 4.84 Å². The van der Waals surface area contributed by atoms with Crippen molar-refractivity contribution < 1.29 is 4.84 Å². The average molecular weight is 279 g/mol. The molecular formula is C16H25NOS. The maximum atomic E-state index is 6.76. The van der Waals surface area contributed by atoms with Crippen LogP contribution in [0.1, 0.15) is 58.8 Å². The number of nitrogens with zero attached hydrogens (tertiary/aromatic N) is 1. The van der Waals surface area contributed by atoms with Crippen LogP contribution in [0.3, 0.4) is 0 Å². The van der Waals surface area contributed by atoms with Crippen molar-refractivity contribution in [1.29, 1.82) is 0 Å². The van der Waals surface area contributed by atoms with E-state index in [9.17, 15) is 0 Å². The van der Waals surface area contributed by atoms with Crippen LogP contribution >= 0.6 is 11.8 Å². The largest absolute Gasteiger partial charge is 0.279 e. The highest BCUT2D eigenvalue weighted by Gasteiger charge is 2.65. The number of rotatable bonds is 0. The fraction of sp³-hybridized carbons (Fsp3) is 1.00. The van der Waals surface area contributed by atoms with E-state index in [1.807, 2.05) is 0 Å². The lowest BCUT2D eigenvalue weighted by atomic mass is 9.54. The number of hydrogen-bond donors (Lipinski definition) is 0. The normalized spacial score (nSPS) is 58.1. The first-order valence-corrected chi connectivity index (χ1v) is 9.11. The van der Waals surface area contributed by atoms with Gasteiger partial charge in [0.05, 0.1) is 5.37 Å². The molecule has 19 heavy (non-hydrogen) atoms. The molecule has 1 atom stereocenters. The van der Waals surface area contributed by atoms with Gasteiger partial charge in [0.2, 0.25) is 0 Å². The van der Waals surface area contributed by atoms with E-state index in [1.54, 1.807) is 0 Å². The Morgan fingerprint density at radius 3 is 2.21 bits per heavy atom. The summed E-state index contributed by atoms with van der Waals surface area (Å²) in [6, 6.07) is 0. The zero-order valence-electron chi connectivity index (χ0n) is 12.1. The summed E-state index contributed by atoms with van der Waals surface area (Å²) in [5.74, 6) is 3.80. The third-order valence-corrected chi connectivity index (χ3v) is 8.51. The SMILES string of the molecule is CC1(C)CCC2SC3(ON21)C1CC2CC(C1)CC3C2. The number of thioether (sulfide) groups is 1. The molecule has 106 valence electrons. The maximum absolute atomic E-state index is 6.76. The first-order valence-electron chi connectivity index (χ1n) is 8.23. The third kappa shape index (κ3) is 1.42. The van der Waals surface area contributed by atoms with Gasteiger partial charge < -0.3 is 0 Å². The summed E-state index contributed by atoms with van der Waals surface area (Å²) >= 11 is 2.23. The van der Waals surface area contributed by atoms with Gasteiger partial charge in [-0.25, -0.2) is 0 Å². The summed E-state index contributed by atoms with van der Waals surface area (Å²) < 4.78 is 0. The van der Waals surface area contributed by atoms with Crippen LogP contribution in [-0.4, -0.2) is 20.9 Å². The summed E-state index contributed by atoms with van der Waals surface area (Å²) in [5, 5.41) is 3.05. The lowest BCUT2D eigenvalue weighted by Gasteiger charge is -2.58. The fourth-order valence-corrected chi connectivity index (χ4v) is 7.93. The van der Waals surface area contributed by atoms with E-state index in [0.29, 0.717) is 5.37 Å². The Hall–Kier alpha value is 0.270. The highest BCUT2D eigenvalue weighted by molar-refractivity contribution is 8.01. The second kappa shape index (κ2) is 3.53. The molecule has 4 saturated carbocycles. The Morgan fingerprint density at radius 1 is 1.00 bits per heavy atom. The molecule has 4 bridgehead atoms. The van der Waals surface area contributed by atoms with Crippen LogP contribution in [-0.2, 0) is 4.84 Å². The molecule has 0 radical (unpaired) electrons. The first kappa shape index (κ1) is 11.9. The lowest BCUT2D eigenvalue weighted by Crippen LogP contribution is -2.57. The van der Waals surface area contributed by atoms with Crippen molar-refractivity contribution in [3.05, 3.63) is 0 Å². The highest BCUT2D eigenvalue weighted by Crippen LogP contribution is 2.68. The Labute approximate surface area is 120 Å². The van der Waals surface area contributed by atoms with E-state index >= 15 is 0 Å². The van der Waals surface area contributed by atoms with Crippen LogP contribution < -0.4 is 0 Å². The predicted molar refractivity (Wildman–Crippen MR) is 77.4 cm³/mol. The van der Waals surface area contributed by atoms with Crippen LogP contribution in [0.15, 0.2) is 0 Å². The van der Waals surface area contributed by atoms with Gasteiger partial charge in [0.15, 0.2) is 0 Å². The summed E-state index contributed by atoms with van der Waals surface area (Å²) in [4.78, 5) is 6.95. The Kier molecular flexibility index (Phi) is 2.21. The molecule has 6 aliphatic rings. The molecule has 1 spiro atoms. The molecule has 1 unspecified atom stereocenters. The van der Waals surface area contributed by atoms with Crippen LogP contribution in [0.25, 0.3) is 0 Å². The topological polar surface area (TPSA) is 12.5 Å². The molecule has 0 aromatic rings. The summed E-state index contributed by atoms with van der Waals surface area (Å²) in [6.45, 7) is 4.73. The maximum Gasteiger partial charge on any atom is 0.142 e. The van der Waals surface area contributed by atoms with E-state index in [0.717, 1.165) is 23.7 Å². The number of fused-ring (bicyclic) bond motifs is 1. The second-order valence-corrected chi connectivity index (χ2v) is 9.78. The van der Waals surface area contributed by atoms with Gasteiger partial charge in [-0.2, -0.15) is 5.06 Å². The molecule has 4 aliphatic carbocycles. The molecule has 0 aromatic heterocycles. The van der Waals surface area contributed by atoms with E-state index in [2.05, 4.69) is 30.7 Å². The van der Waals surface area contributed by atoms with E-state index in [1.165, 1.54) is 44.9 Å². The van der Waals surface area contributed by atoms with Crippen LogP contribution in [0.2, 0.25) is 0 Å². The average Bonchev–Trinajstić information content (AvgIpc) is 2.85. The van der Waals surface area contributed by atoms with Crippen LogP contribution in [0.5, 0.6) is 0 Å². The molecule has 6 fully saturated rings. The van der Waals surface area contributed by atoms with Gasteiger partial charge in [0.25, 0.3) is 0 Å². The van der Waals surface area contributed by atoms with Gasteiger partial charge in [0, 0.05) is 17.4 Å². The lowest BCUT2D eigenvalue weighted by molar-refractivity contribution is -0.283. The molecule has 0 N–H and O–H groups in total. The predicted octanol–water partition coefficient (Wildman–Crippen LogP) is 4.02. The zero-order valence-corrected chi connectivity index (χ0v) is 12.9. The smallest absolute Gasteiger partial charge is 0.142 e. The summed E-state index contributed by atoms with van der Waals surface area (Å²) in [5.41, 5.74) is 0.260. The van der Waals surface area contributed by atoms with Crippen molar-refractivity contribution in [2.24, 2.45) is 23.7 Å². The van der Waals surface area contributed by atoms with Crippen molar-refractivity contribution in [3.63, 3.8) is 0 Å². The molecular weight excluding hydrogens is 254 g/mol. The number of hydrogen-bond acceptors (Lipinski definition) is 3. The van der Waals surface area contributed by atoms with Crippen molar-refractivity contribution in [2.75, 3.05) is 0 Å². The standard InChI is InChI=1S/C16H25NOS/c1-15(2)4-3-14-17(15)18-16(19-14)12-6-10-5-11(8-12)9-13(16)7-10/h10-14H,3-9H2,1-2H3. The molecule has 2 saturated heterocycles. The molecule has 3 heteroatoms. The van der Waals surface area contributed by atoms with Crippen molar-refractivity contribution in [1.82, 2.24) is 5.06 Å². The summed E-state index contributed by atoms with van der Waals surface area (Å²) in [7, 11) is 0. The Balaban J connectivity index is 1.50. The minimum Gasteiger partial charge on any atom is -0.279 e. The van der Waals surface area contributed by atoms with Crippen molar-refractivity contribution >= 4 is 11.8 Å². The molecule has 6 rings (SSSR count). The van der Waals surface area contributed by atoms with E-state index in [-0.39, 0.29) is 10.5 Å². The van der Waals surface area contributed by atoms with E-state index in [4.69, 9.17) is 4.84 Å². The molecule has 2 aliphatic heterocycles. The second-order valence-electron chi connectivity index (χ2n) is 8.37. The first-order chi connectivity index (χ1) is 9.07. The van der Waals surface area contributed by atoms with Crippen molar-refractivity contribution in [2.45, 2.75) is 74.6 Å². The minimum absolute atomic E-state index is 0.190. The van der Waals surface area contributed by atoms with Crippen LogP contribution in [0.4, 0.5) is 0 Å². The molecule has 0 amide bonds. The summed E-state index contributed by atoms with van der Waals surface area (Å²) in [6.07, 6.45) is 9.99. The van der Waals surface area contributed by atoms with E-state index < -0.39 is 0 Å². The van der Waals surface area contributed by atoms with Crippen LogP contribution in [0, 0.1) is 23.7 Å². The van der Waals surface area contributed by atoms with Gasteiger partial charge >= 0.3 is 0 Å². The fourth-order valence-electron chi connectivity index (χ4n) is 5.95. The van der Waals surface area contributed by atoms with Gasteiger partial charge in [-0.15, -0.1) is 11.8 Å². The minimum atomic E-state index is 0.190. The molecule has 2 nitrogen and oxygen atoms in total. The van der Waals surface area contributed by atoms with Gasteiger partial charge in [-0.05, 0) is 70.6 Å². The van der Waals surface area contributed by atoms with Crippen molar-refractivity contribution in [3.8, 4) is 0 Å². The molecule has 0 aromatic carbocycles. The third-order valence-electron chi connectivity index (χ3n) is 6.70. The van der Waals surface area contributed by atoms with Gasteiger partial charge in [0.1, 0.15) is 4.93 Å². The molecule has 2 heterocycles. The van der Waals surface area contributed by atoms with Gasteiger partial charge in [-0.1, -0.05) is 0 Å².